The minimum atomic E-state index is -0.0863. The quantitative estimate of drug-likeness (QED) is 0.364. The molecule has 0 N–H and O–H groups in total. The van der Waals surface area contributed by atoms with Gasteiger partial charge < -0.3 is 4.74 Å². The van der Waals surface area contributed by atoms with Gasteiger partial charge in [0.15, 0.2) is 0 Å². The van der Waals surface area contributed by atoms with Gasteiger partial charge in [0.2, 0.25) is 0 Å². The zero-order valence-corrected chi connectivity index (χ0v) is 13.8. The van der Waals surface area contributed by atoms with Gasteiger partial charge in [-0.05, 0) is 10.8 Å². The third-order valence-corrected chi connectivity index (χ3v) is 5.31. The summed E-state index contributed by atoms with van der Waals surface area (Å²) >= 11 is 0. The molecule has 0 amide bonds. The van der Waals surface area contributed by atoms with Crippen molar-refractivity contribution in [2.24, 2.45) is 0 Å². The van der Waals surface area contributed by atoms with Gasteiger partial charge in [0.05, 0.1) is 0 Å². The number of benzene rings is 4. The van der Waals surface area contributed by atoms with Crippen molar-refractivity contribution in [2.45, 2.75) is 19.3 Å². The van der Waals surface area contributed by atoms with Crippen LogP contribution in [0.15, 0.2) is 72.8 Å². The fourth-order valence-corrected chi connectivity index (χ4v) is 3.94. The minimum Gasteiger partial charge on any atom is -0.455 e. The van der Waals surface area contributed by atoms with E-state index in [1.807, 2.05) is 0 Å². The predicted molar refractivity (Wildman–Crippen MR) is 100 cm³/mol. The number of hydrogen-bond donors (Lipinski definition) is 0. The molecule has 0 aromatic heterocycles. The number of ether oxygens (including phenoxy) is 1. The van der Waals surface area contributed by atoms with E-state index < -0.39 is 0 Å². The van der Waals surface area contributed by atoms with Crippen LogP contribution in [0.3, 0.4) is 0 Å². The molecule has 5 rings (SSSR count). The van der Waals surface area contributed by atoms with Crippen molar-refractivity contribution in [3.63, 3.8) is 0 Å². The average molecular weight is 310 g/mol. The number of rotatable bonds is 0. The molecule has 0 bridgehead atoms. The highest BCUT2D eigenvalue weighted by molar-refractivity contribution is 5.95. The van der Waals surface area contributed by atoms with Gasteiger partial charge in [0, 0.05) is 27.3 Å². The first kappa shape index (κ1) is 13.6. The molecule has 0 saturated carbocycles. The summed E-state index contributed by atoms with van der Waals surface area (Å²) in [4.78, 5) is 0. The highest BCUT2D eigenvalue weighted by Gasteiger charge is 2.35. The SMILES string of the molecule is CC1(C)c2ccc3ccccc3c2Oc2c1ccc1ccccc21. The lowest BCUT2D eigenvalue weighted by Gasteiger charge is -2.35. The third kappa shape index (κ3) is 1.70. The monoisotopic (exact) mass is 310 g/mol. The molecule has 0 saturated heterocycles. The van der Waals surface area contributed by atoms with E-state index >= 15 is 0 Å². The molecule has 4 aromatic rings. The van der Waals surface area contributed by atoms with Gasteiger partial charge in [-0.3, -0.25) is 0 Å². The Morgan fingerprint density at radius 2 is 1.04 bits per heavy atom. The van der Waals surface area contributed by atoms with Crippen LogP contribution >= 0.6 is 0 Å². The second-order valence-corrected chi connectivity index (χ2v) is 7.05. The van der Waals surface area contributed by atoms with E-state index in [0.717, 1.165) is 11.5 Å². The van der Waals surface area contributed by atoms with E-state index in [2.05, 4.69) is 86.6 Å². The standard InChI is InChI=1S/C23H18O/c1-23(2)19-13-11-15-7-3-5-9-17(15)21(19)24-22-18-10-6-4-8-16(18)12-14-20(22)23/h3-14H,1-2H3. The Kier molecular flexibility index (Phi) is 2.62. The Labute approximate surface area is 141 Å². The van der Waals surface area contributed by atoms with Crippen LogP contribution in [0.1, 0.15) is 25.0 Å². The lowest BCUT2D eigenvalue weighted by atomic mass is 9.74. The van der Waals surface area contributed by atoms with Crippen molar-refractivity contribution in [1.82, 2.24) is 0 Å². The number of fused-ring (bicyclic) bond motifs is 6. The molecule has 1 heteroatoms. The maximum atomic E-state index is 6.54. The van der Waals surface area contributed by atoms with E-state index in [0.29, 0.717) is 0 Å². The van der Waals surface area contributed by atoms with Crippen LogP contribution in [-0.2, 0) is 5.41 Å². The molecule has 1 aliphatic heterocycles. The second kappa shape index (κ2) is 4.61. The molecule has 0 atom stereocenters. The zero-order chi connectivity index (χ0) is 16.3. The van der Waals surface area contributed by atoms with Crippen molar-refractivity contribution in [3.8, 4) is 11.5 Å². The van der Waals surface area contributed by atoms with E-state index in [9.17, 15) is 0 Å². The molecule has 0 aliphatic carbocycles. The zero-order valence-electron chi connectivity index (χ0n) is 13.8. The molecule has 0 unspecified atom stereocenters. The van der Waals surface area contributed by atoms with Crippen LogP contribution in [0.2, 0.25) is 0 Å². The highest BCUT2D eigenvalue weighted by atomic mass is 16.5. The molecule has 4 aromatic carbocycles. The molecule has 24 heavy (non-hydrogen) atoms. The van der Waals surface area contributed by atoms with Crippen LogP contribution in [0.4, 0.5) is 0 Å². The van der Waals surface area contributed by atoms with Gasteiger partial charge in [-0.2, -0.15) is 0 Å². The Morgan fingerprint density at radius 1 is 0.583 bits per heavy atom. The summed E-state index contributed by atoms with van der Waals surface area (Å²) in [5.41, 5.74) is 2.42. The Bertz CT molecular complexity index is 1020. The average Bonchev–Trinajstić information content (AvgIpc) is 2.61. The smallest absolute Gasteiger partial charge is 0.139 e. The van der Waals surface area contributed by atoms with Crippen molar-refractivity contribution in [1.29, 1.82) is 0 Å². The van der Waals surface area contributed by atoms with Gasteiger partial charge in [0.1, 0.15) is 11.5 Å². The highest BCUT2D eigenvalue weighted by Crippen LogP contribution is 2.52. The Hall–Kier alpha value is -2.80. The lowest BCUT2D eigenvalue weighted by molar-refractivity contribution is 0.428. The summed E-state index contributed by atoms with van der Waals surface area (Å²) in [7, 11) is 0. The molecule has 1 heterocycles. The van der Waals surface area contributed by atoms with E-state index in [1.165, 1.54) is 32.7 Å². The van der Waals surface area contributed by atoms with Gasteiger partial charge in [-0.1, -0.05) is 86.6 Å². The summed E-state index contributed by atoms with van der Waals surface area (Å²) < 4.78 is 6.54. The summed E-state index contributed by atoms with van der Waals surface area (Å²) in [5, 5.41) is 4.80. The third-order valence-electron chi connectivity index (χ3n) is 5.31. The normalized spacial score (nSPS) is 14.9. The lowest BCUT2D eigenvalue weighted by Crippen LogP contribution is -2.24. The van der Waals surface area contributed by atoms with E-state index in [-0.39, 0.29) is 5.41 Å². The minimum absolute atomic E-state index is 0.0863. The molecule has 0 radical (unpaired) electrons. The fraction of sp³-hybridized carbons (Fsp3) is 0.130. The predicted octanol–water partition coefficient (Wildman–Crippen LogP) is 6.42. The first-order chi connectivity index (χ1) is 11.7. The van der Waals surface area contributed by atoms with Crippen molar-refractivity contribution in [2.75, 3.05) is 0 Å². The second-order valence-electron chi connectivity index (χ2n) is 7.05. The maximum absolute atomic E-state index is 6.54. The van der Waals surface area contributed by atoms with Crippen LogP contribution in [0.5, 0.6) is 11.5 Å². The van der Waals surface area contributed by atoms with Crippen LogP contribution < -0.4 is 4.74 Å². The molecule has 0 spiro atoms. The molecule has 116 valence electrons. The molecular formula is C23H18O. The van der Waals surface area contributed by atoms with Gasteiger partial charge in [0.25, 0.3) is 0 Å². The first-order valence-corrected chi connectivity index (χ1v) is 8.38. The first-order valence-electron chi connectivity index (χ1n) is 8.38. The largest absolute Gasteiger partial charge is 0.455 e. The summed E-state index contributed by atoms with van der Waals surface area (Å²) in [6.07, 6.45) is 0. The summed E-state index contributed by atoms with van der Waals surface area (Å²) in [6, 6.07) is 25.7. The Balaban J connectivity index is 1.89. The summed E-state index contributed by atoms with van der Waals surface area (Å²) in [6.45, 7) is 4.58. The molecular weight excluding hydrogens is 292 g/mol. The van der Waals surface area contributed by atoms with Crippen molar-refractivity contribution >= 4 is 21.5 Å². The van der Waals surface area contributed by atoms with Crippen molar-refractivity contribution < 1.29 is 4.74 Å². The molecule has 1 nitrogen and oxygen atoms in total. The van der Waals surface area contributed by atoms with Crippen LogP contribution in [0, 0.1) is 0 Å². The van der Waals surface area contributed by atoms with Gasteiger partial charge >= 0.3 is 0 Å². The van der Waals surface area contributed by atoms with Gasteiger partial charge in [-0.25, -0.2) is 0 Å². The fourth-order valence-electron chi connectivity index (χ4n) is 3.94. The van der Waals surface area contributed by atoms with Crippen LogP contribution in [0.25, 0.3) is 21.5 Å². The molecule has 0 fully saturated rings. The summed E-state index contributed by atoms with van der Waals surface area (Å²) in [5.74, 6) is 2.00. The molecule has 1 aliphatic rings. The topological polar surface area (TPSA) is 9.23 Å². The van der Waals surface area contributed by atoms with E-state index in [4.69, 9.17) is 4.74 Å². The van der Waals surface area contributed by atoms with Gasteiger partial charge in [-0.15, -0.1) is 0 Å². The maximum Gasteiger partial charge on any atom is 0.139 e. The van der Waals surface area contributed by atoms with E-state index in [1.54, 1.807) is 0 Å². The van der Waals surface area contributed by atoms with Crippen molar-refractivity contribution in [3.05, 3.63) is 83.9 Å². The Morgan fingerprint density at radius 3 is 1.54 bits per heavy atom. The number of hydrogen-bond acceptors (Lipinski definition) is 1. The van der Waals surface area contributed by atoms with Crippen LogP contribution in [-0.4, -0.2) is 0 Å².